The van der Waals surface area contributed by atoms with E-state index in [4.69, 9.17) is 4.52 Å². The molecule has 0 radical (unpaired) electrons. The average Bonchev–Trinajstić information content (AvgIpc) is 3.03. The second-order valence-electron chi connectivity index (χ2n) is 3.51. The molecule has 1 saturated heterocycles. The van der Waals surface area contributed by atoms with E-state index >= 15 is 0 Å². The van der Waals surface area contributed by atoms with Gasteiger partial charge in [-0.25, -0.2) is 4.72 Å². The maximum absolute atomic E-state index is 5.15. The molecule has 5 heteroatoms. The Kier molecular flexibility index (Phi) is 2.55. The minimum atomic E-state index is 0.805. The van der Waals surface area contributed by atoms with Crippen molar-refractivity contribution in [3.8, 4) is 11.3 Å². The van der Waals surface area contributed by atoms with Gasteiger partial charge in [0.05, 0.1) is 6.20 Å². The number of hydrogen-bond acceptors (Lipinski definition) is 5. The molecule has 0 saturated carbocycles. The maximum Gasteiger partial charge on any atom is 0.166 e. The van der Waals surface area contributed by atoms with Gasteiger partial charge in [0.15, 0.2) is 5.76 Å². The summed E-state index contributed by atoms with van der Waals surface area (Å²) in [5, 5.41) is 3.72. The van der Waals surface area contributed by atoms with Gasteiger partial charge in [-0.15, -0.1) is 0 Å². The SMILES string of the molecule is c1cc(-c2ccno2)cc(N2CCNS2)c1. The lowest BCUT2D eigenvalue weighted by atomic mass is 10.1. The predicted octanol–water partition coefficient (Wildman–Crippen LogP) is 2.31. The first-order valence-electron chi connectivity index (χ1n) is 5.12. The third kappa shape index (κ3) is 1.79. The third-order valence-electron chi connectivity index (χ3n) is 2.45. The van der Waals surface area contributed by atoms with Crippen molar-refractivity contribution in [2.24, 2.45) is 0 Å². The van der Waals surface area contributed by atoms with Crippen LogP contribution in [0.1, 0.15) is 0 Å². The van der Waals surface area contributed by atoms with Gasteiger partial charge in [-0.2, -0.15) is 0 Å². The molecule has 16 heavy (non-hydrogen) atoms. The first-order valence-corrected chi connectivity index (χ1v) is 5.89. The molecule has 0 unspecified atom stereocenters. The van der Waals surface area contributed by atoms with E-state index in [0.29, 0.717) is 0 Å². The number of anilines is 1. The Morgan fingerprint density at radius 3 is 3.12 bits per heavy atom. The van der Waals surface area contributed by atoms with E-state index < -0.39 is 0 Å². The van der Waals surface area contributed by atoms with E-state index in [1.807, 2.05) is 18.2 Å². The fourth-order valence-electron chi connectivity index (χ4n) is 1.68. The number of aromatic nitrogens is 1. The van der Waals surface area contributed by atoms with Crippen molar-refractivity contribution >= 4 is 17.8 Å². The summed E-state index contributed by atoms with van der Waals surface area (Å²) in [5.41, 5.74) is 2.24. The summed E-state index contributed by atoms with van der Waals surface area (Å²) in [6, 6.07) is 10.1. The quantitative estimate of drug-likeness (QED) is 0.806. The van der Waals surface area contributed by atoms with Crippen LogP contribution in [-0.4, -0.2) is 18.2 Å². The molecule has 1 aromatic carbocycles. The highest BCUT2D eigenvalue weighted by Crippen LogP contribution is 2.28. The fraction of sp³-hybridized carbons (Fsp3) is 0.182. The molecule has 0 atom stereocenters. The zero-order valence-corrected chi connectivity index (χ0v) is 9.41. The van der Waals surface area contributed by atoms with Crippen LogP contribution in [0.5, 0.6) is 0 Å². The molecule has 2 aromatic rings. The summed E-state index contributed by atoms with van der Waals surface area (Å²) in [6.07, 6.45) is 1.66. The molecule has 1 aliphatic heterocycles. The van der Waals surface area contributed by atoms with Crippen molar-refractivity contribution in [2.45, 2.75) is 0 Å². The van der Waals surface area contributed by atoms with Crippen LogP contribution in [0.25, 0.3) is 11.3 Å². The number of rotatable bonds is 2. The second kappa shape index (κ2) is 4.19. The molecule has 0 amide bonds. The lowest BCUT2D eigenvalue weighted by molar-refractivity contribution is 0.432. The van der Waals surface area contributed by atoms with Crippen LogP contribution in [-0.2, 0) is 0 Å². The molecule has 1 N–H and O–H groups in total. The smallest absolute Gasteiger partial charge is 0.166 e. The maximum atomic E-state index is 5.15. The van der Waals surface area contributed by atoms with E-state index in [1.165, 1.54) is 5.69 Å². The third-order valence-corrected chi connectivity index (χ3v) is 3.40. The molecule has 82 valence electrons. The van der Waals surface area contributed by atoms with E-state index in [0.717, 1.165) is 24.4 Å². The van der Waals surface area contributed by atoms with Crippen molar-refractivity contribution in [1.29, 1.82) is 0 Å². The number of benzene rings is 1. The fourth-order valence-corrected chi connectivity index (χ4v) is 2.42. The molecule has 0 aliphatic carbocycles. The minimum Gasteiger partial charge on any atom is -0.356 e. The molecule has 4 nitrogen and oxygen atoms in total. The Labute approximate surface area is 97.9 Å². The van der Waals surface area contributed by atoms with Crippen LogP contribution >= 0.6 is 12.1 Å². The van der Waals surface area contributed by atoms with E-state index in [9.17, 15) is 0 Å². The van der Waals surface area contributed by atoms with Crippen LogP contribution in [0.2, 0.25) is 0 Å². The van der Waals surface area contributed by atoms with E-state index in [1.54, 1.807) is 18.3 Å². The van der Waals surface area contributed by atoms with Gasteiger partial charge in [-0.3, -0.25) is 0 Å². The van der Waals surface area contributed by atoms with Crippen LogP contribution < -0.4 is 9.03 Å². The molecular formula is C11H11N3OS. The Morgan fingerprint density at radius 1 is 1.38 bits per heavy atom. The highest BCUT2D eigenvalue weighted by Gasteiger charge is 2.13. The molecule has 1 aromatic heterocycles. The van der Waals surface area contributed by atoms with Gasteiger partial charge in [0, 0.05) is 42.5 Å². The predicted molar refractivity (Wildman–Crippen MR) is 64.9 cm³/mol. The lowest BCUT2D eigenvalue weighted by Gasteiger charge is -2.14. The highest BCUT2D eigenvalue weighted by atomic mass is 32.2. The van der Waals surface area contributed by atoms with Gasteiger partial charge in [-0.1, -0.05) is 17.3 Å². The molecular weight excluding hydrogens is 222 g/mol. The Morgan fingerprint density at radius 2 is 2.38 bits per heavy atom. The molecule has 1 fully saturated rings. The Hall–Kier alpha value is -1.46. The van der Waals surface area contributed by atoms with E-state index in [2.05, 4.69) is 26.3 Å². The van der Waals surface area contributed by atoms with Gasteiger partial charge in [0.2, 0.25) is 0 Å². The summed E-state index contributed by atoms with van der Waals surface area (Å²) < 4.78 is 10.6. The molecule has 0 spiro atoms. The standard InChI is InChI=1S/C11H11N3OS/c1-2-9(11-4-5-12-15-11)8-10(3-1)14-7-6-13-16-14/h1-5,8,13H,6-7H2. The van der Waals surface area contributed by atoms with Crippen LogP contribution in [0, 0.1) is 0 Å². The van der Waals surface area contributed by atoms with Crippen LogP contribution in [0.15, 0.2) is 41.1 Å². The summed E-state index contributed by atoms with van der Waals surface area (Å²) in [4.78, 5) is 0. The minimum absolute atomic E-state index is 0.805. The number of hydrogen-bond donors (Lipinski definition) is 1. The Balaban J connectivity index is 1.93. The van der Waals surface area contributed by atoms with Crippen LogP contribution in [0.4, 0.5) is 5.69 Å². The van der Waals surface area contributed by atoms with Gasteiger partial charge >= 0.3 is 0 Å². The van der Waals surface area contributed by atoms with Crippen molar-refractivity contribution in [2.75, 3.05) is 17.4 Å². The van der Waals surface area contributed by atoms with Gasteiger partial charge in [0.1, 0.15) is 0 Å². The zero-order valence-electron chi connectivity index (χ0n) is 8.59. The molecule has 0 bridgehead atoms. The van der Waals surface area contributed by atoms with Gasteiger partial charge < -0.3 is 8.83 Å². The van der Waals surface area contributed by atoms with Gasteiger partial charge in [-0.05, 0) is 12.1 Å². The van der Waals surface area contributed by atoms with Crippen LogP contribution in [0.3, 0.4) is 0 Å². The average molecular weight is 233 g/mol. The summed E-state index contributed by atoms with van der Waals surface area (Å²) in [6.45, 7) is 2.03. The lowest BCUT2D eigenvalue weighted by Crippen LogP contribution is -2.10. The second-order valence-corrected chi connectivity index (χ2v) is 4.43. The first kappa shape index (κ1) is 9.74. The van der Waals surface area contributed by atoms with E-state index in [-0.39, 0.29) is 0 Å². The summed E-state index contributed by atoms with van der Waals surface area (Å²) in [7, 11) is 0. The monoisotopic (exact) mass is 233 g/mol. The van der Waals surface area contributed by atoms with Gasteiger partial charge in [0.25, 0.3) is 0 Å². The van der Waals surface area contributed by atoms with Crippen molar-refractivity contribution in [3.05, 3.63) is 36.5 Å². The first-order chi connectivity index (χ1) is 7.93. The summed E-state index contributed by atoms with van der Waals surface area (Å²) in [5.74, 6) is 0.805. The topological polar surface area (TPSA) is 41.3 Å². The van der Waals surface area contributed by atoms with Crippen molar-refractivity contribution in [1.82, 2.24) is 9.88 Å². The molecule has 2 heterocycles. The van der Waals surface area contributed by atoms with Crippen molar-refractivity contribution < 1.29 is 4.52 Å². The number of nitrogens with zero attached hydrogens (tertiary/aromatic N) is 2. The van der Waals surface area contributed by atoms with Crippen molar-refractivity contribution in [3.63, 3.8) is 0 Å². The highest BCUT2D eigenvalue weighted by molar-refractivity contribution is 7.99. The zero-order chi connectivity index (χ0) is 10.8. The largest absolute Gasteiger partial charge is 0.356 e. The normalized spacial score (nSPS) is 15.6. The number of nitrogens with one attached hydrogen (secondary N) is 1. The summed E-state index contributed by atoms with van der Waals surface area (Å²) >= 11 is 1.64. The Bertz CT molecular complexity index is 466. The molecule has 3 rings (SSSR count). The molecule has 1 aliphatic rings.